The Morgan fingerprint density at radius 2 is 1.95 bits per heavy atom. The van der Waals surface area contributed by atoms with Crippen molar-refractivity contribution in [3.63, 3.8) is 0 Å². The van der Waals surface area contributed by atoms with Gasteiger partial charge < -0.3 is 14.4 Å². The number of hydrogen-bond donors (Lipinski definition) is 0. The maximum absolute atomic E-state index is 14.3. The van der Waals surface area contributed by atoms with Crippen LogP contribution in [0.1, 0.15) is 44.9 Å². The van der Waals surface area contributed by atoms with E-state index in [0.29, 0.717) is 44.5 Å². The lowest BCUT2D eigenvalue weighted by molar-refractivity contribution is -0.143. The fourth-order valence-electron chi connectivity index (χ4n) is 4.96. The summed E-state index contributed by atoms with van der Waals surface area (Å²) in [7, 11) is 1.51. The number of ether oxygens (including phenoxy) is 2. The molecular formula is C28H25BrClN3O5S. The molecule has 2 aliphatic rings. The van der Waals surface area contributed by atoms with E-state index in [0.717, 1.165) is 21.5 Å². The fourth-order valence-corrected chi connectivity index (χ4v) is 6.64. The zero-order valence-electron chi connectivity index (χ0n) is 21.9. The molecule has 1 atom stereocenters. The van der Waals surface area contributed by atoms with Gasteiger partial charge in [-0.05, 0) is 64.1 Å². The highest BCUT2D eigenvalue weighted by Crippen LogP contribution is 2.39. The molecule has 0 saturated heterocycles. The summed E-state index contributed by atoms with van der Waals surface area (Å²) in [6.07, 6.45) is -0.391. The first kappa shape index (κ1) is 27.4. The number of likely N-dealkylation sites (N-methyl/N-ethyl adjacent to an activating group) is 1. The van der Waals surface area contributed by atoms with Crippen LogP contribution in [0.5, 0.6) is 5.75 Å². The Bertz CT molecular complexity index is 1760. The van der Waals surface area contributed by atoms with E-state index in [9.17, 15) is 14.4 Å². The minimum atomic E-state index is -0.934. The SMILES string of the molecule is CCN1C(=O)/C(=c2\sc3n(c2=O)[C@H](c2cc(Cl)ccc2OC)C(C(=O)OC(C)C)=C(C)N=3)c2cc(Br)ccc21. The van der Waals surface area contributed by atoms with Crippen LogP contribution in [0.4, 0.5) is 5.69 Å². The normalized spacial score (nSPS) is 17.8. The van der Waals surface area contributed by atoms with Gasteiger partial charge in [0.15, 0.2) is 4.80 Å². The molecule has 0 radical (unpaired) electrons. The van der Waals surface area contributed by atoms with Crippen molar-refractivity contribution >= 4 is 62.0 Å². The average Bonchev–Trinajstić information content (AvgIpc) is 3.33. The first-order valence-electron chi connectivity index (χ1n) is 12.3. The van der Waals surface area contributed by atoms with Crippen molar-refractivity contribution in [2.75, 3.05) is 18.6 Å². The van der Waals surface area contributed by atoms with E-state index in [1.807, 2.05) is 25.1 Å². The number of hydrogen-bond acceptors (Lipinski definition) is 7. The number of amides is 1. The van der Waals surface area contributed by atoms with Gasteiger partial charge in [-0.25, -0.2) is 9.79 Å². The third-order valence-electron chi connectivity index (χ3n) is 6.57. The Kier molecular flexibility index (Phi) is 7.30. The van der Waals surface area contributed by atoms with E-state index in [1.54, 1.807) is 43.9 Å². The van der Waals surface area contributed by atoms with Crippen LogP contribution in [0.15, 0.2) is 61.9 Å². The standard InChI is InChI=1S/C28H25BrClN3O5S/c1-6-32-19-9-7-15(29)11-17(19)22(25(32)34)24-26(35)33-23(18-12-16(30)8-10-20(18)37-5)21(27(36)38-13(2)3)14(4)31-28(33)39-24/h7-13,23H,6H2,1-5H3/b24-22-/t23-/m1/s1. The Labute approximate surface area is 242 Å². The van der Waals surface area contributed by atoms with Gasteiger partial charge in [0.1, 0.15) is 16.3 Å². The molecule has 0 aliphatic carbocycles. The summed E-state index contributed by atoms with van der Waals surface area (Å²) in [4.78, 5) is 47.9. The molecule has 11 heteroatoms. The average molecular weight is 631 g/mol. The lowest BCUT2D eigenvalue weighted by Crippen LogP contribution is -2.41. The smallest absolute Gasteiger partial charge is 0.338 e. The molecule has 0 unspecified atom stereocenters. The summed E-state index contributed by atoms with van der Waals surface area (Å²) in [6.45, 7) is 7.53. The molecule has 3 aromatic rings. The summed E-state index contributed by atoms with van der Waals surface area (Å²) in [5, 5.41) is 0.408. The van der Waals surface area contributed by atoms with Crippen molar-refractivity contribution in [2.24, 2.45) is 4.99 Å². The summed E-state index contributed by atoms with van der Waals surface area (Å²) >= 11 is 11.0. The lowest BCUT2D eigenvalue weighted by atomic mass is 9.95. The quantitative estimate of drug-likeness (QED) is 0.391. The van der Waals surface area contributed by atoms with Gasteiger partial charge in [0, 0.05) is 27.2 Å². The Morgan fingerprint density at radius 3 is 2.62 bits per heavy atom. The van der Waals surface area contributed by atoms with Gasteiger partial charge in [-0.3, -0.25) is 14.2 Å². The third kappa shape index (κ3) is 4.54. The molecule has 202 valence electrons. The highest BCUT2D eigenvalue weighted by molar-refractivity contribution is 9.10. The van der Waals surface area contributed by atoms with Gasteiger partial charge in [0.2, 0.25) is 0 Å². The predicted molar refractivity (Wildman–Crippen MR) is 154 cm³/mol. The Morgan fingerprint density at radius 1 is 1.21 bits per heavy atom. The lowest BCUT2D eigenvalue weighted by Gasteiger charge is -2.26. The van der Waals surface area contributed by atoms with Crippen LogP contribution < -0.4 is 24.5 Å². The number of benzene rings is 2. The second-order valence-electron chi connectivity index (χ2n) is 9.33. The van der Waals surface area contributed by atoms with Crippen LogP contribution in [0.2, 0.25) is 5.02 Å². The number of fused-ring (bicyclic) bond motifs is 2. The van der Waals surface area contributed by atoms with Gasteiger partial charge in [-0.2, -0.15) is 0 Å². The minimum absolute atomic E-state index is 0.198. The highest BCUT2D eigenvalue weighted by atomic mass is 79.9. The molecule has 2 aliphatic heterocycles. The predicted octanol–water partition coefficient (Wildman–Crippen LogP) is 4.35. The second kappa shape index (κ2) is 10.4. The second-order valence-corrected chi connectivity index (χ2v) is 11.7. The maximum Gasteiger partial charge on any atom is 0.338 e. The highest BCUT2D eigenvalue weighted by Gasteiger charge is 2.38. The number of carbonyl (C=O) groups excluding carboxylic acids is 2. The van der Waals surface area contributed by atoms with E-state index in [4.69, 9.17) is 21.1 Å². The van der Waals surface area contributed by atoms with Crippen LogP contribution in [0.3, 0.4) is 0 Å². The van der Waals surface area contributed by atoms with E-state index >= 15 is 0 Å². The minimum Gasteiger partial charge on any atom is -0.496 e. The molecule has 1 amide bonds. The number of esters is 1. The molecule has 3 heterocycles. The maximum atomic E-state index is 14.3. The zero-order chi connectivity index (χ0) is 28.2. The molecule has 0 N–H and O–H groups in total. The summed E-state index contributed by atoms with van der Waals surface area (Å²) in [6, 6.07) is 9.64. The number of allylic oxidation sites excluding steroid dienone is 1. The number of anilines is 1. The van der Waals surface area contributed by atoms with Gasteiger partial charge >= 0.3 is 5.97 Å². The molecule has 0 bridgehead atoms. The Balaban J connectivity index is 1.86. The number of nitrogens with zero attached hydrogens (tertiary/aromatic N) is 3. The van der Waals surface area contributed by atoms with Crippen LogP contribution in [-0.2, 0) is 14.3 Å². The van der Waals surface area contributed by atoms with Crippen molar-refractivity contribution in [3.05, 3.63) is 88.0 Å². The summed E-state index contributed by atoms with van der Waals surface area (Å²) < 4.78 is 13.6. The molecule has 39 heavy (non-hydrogen) atoms. The molecule has 0 saturated carbocycles. The van der Waals surface area contributed by atoms with Gasteiger partial charge in [-0.15, -0.1) is 0 Å². The molecular weight excluding hydrogens is 606 g/mol. The molecule has 5 rings (SSSR count). The van der Waals surface area contributed by atoms with Crippen LogP contribution in [-0.4, -0.2) is 36.2 Å². The van der Waals surface area contributed by atoms with Crippen molar-refractivity contribution in [2.45, 2.75) is 39.8 Å². The molecule has 0 spiro atoms. The molecule has 1 aromatic heterocycles. The number of methoxy groups -OCH3 is 1. The van der Waals surface area contributed by atoms with Crippen LogP contribution in [0, 0.1) is 0 Å². The largest absolute Gasteiger partial charge is 0.496 e. The third-order valence-corrected chi connectivity index (χ3v) is 8.35. The van der Waals surface area contributed by atoms with Crippen LogP contribution in [0.25, 0.3) is 5.57 Å². The van der Waals surface area contributed by atoms with E-state index in [2.05, 4.69) is 20.9 Å². The topological polar surface area (TPSA) is 90.2 Å². The van der Waals surface area contributed by atoms with Gasteiger partial charge in [-0.1, -0.05) is 38.9 Å². The van der Waals surface area contributed by atoms with Crippen molar-refractivity contribution in [1.29, 1.82) is 0 Å². The van der Waals surface area contributed by atoms with Gasteiger partial charge in [0.25, 0.3) is 11.5 Å². The number of aromatic nitrogens is 1. The van der Waals surface area contributed by atoms with E-state index in [1.165, 1.54) is 11.7 Å². The Hall–Kier alpha value is -3.21. The molecule has 2 aromatic carbocycles. The van der Waals surface area contributed by atoms with Crippen molar-refractivity contribution in [3.8, 4) is 5.75 Å². The first-order chi connectivity index (χ1) is 18.6. The van der Waals surface area contributed by atoms with E-state index < -0.39 is 23.7 Å². The number of rotatable bonds is 5. The fraction of sp³-hybridized carbons (Fsp3) is 0.286. The van der Waals surface area contributed by atoms with Crippen molar-refractivity contribution < 1.29 is 19.1 Å². The van der Waals surface area contributed by atoms with Crippen molar-refractivity contribution in [1.82, 2.24) is 4.57 Å². The monoisotopic (exact) mass is 629 g/mol. The molecule has 0 fully saturated rings. The summed E-state index contributed by atoms with van der Waals surface area (Å²) in [5.74, 6) is -0.418. The van der Waals surface area contributed by atoms with Crippen LogP contribution >= 0.6 is 38.9 Å². The number of halogens is 2. The molecule has 8 nitrogen and oxygen atoms in total. The first-order valence-corrected chi connectivity index (χ1v) is 14.3. The number of carbonyl (C=O) groups is 2. The number of thiazole rings is 1. The van der Waals surface area contributed by atoms with E-state index in [-0.39, 0.29) is 16.0 Å². The van der Waals surface area contributed by atoms with Gasteiger partial charge in [0.05, 0.1) is 35.7 Å². The summed E-state index contributed by atoms with van der Waals surface area (Å²) in [5.41, 5.74) is 2.36. The zero-order valence-corrected chi connectivity index (χ0v) is 25.0.